The molecule has 0 aliphatic rings. The van der Waals surface area contributed by atoms with Crippen molar-refractivity contribution in [3.05, 3.63) is 133 Å². The van der Waals surface area contributed by atoms with Crippen molar-refractivity contribution in [1.82, 2.24) is 9.13 Å². The highest BCUT2D eigenvalue weighted by molar-refractivity contribution is 7.25. The molecule has 4 heteroatoms. The lowest BCUT2D eigenvalue weighted by atomic mass is 10.1. The summed E-state index contributed by atoms with van der Waals surface area (Å²) in [6.07, 6.45) is 0. The standard InChI is InChI=1S/C36H21FN2S.3C2H6/c37-30-12-7-11-27-26-10-3-6-15-33(26)39(36(27)30)23-17-19-35-29(21-23)28-20-22(16-18-34(28)40-35)38-31-13-4-1-8-24(31)25-9-2-5-14-32(25)38;3*1-2/h1-21H;3*1-2H3. The fourth-order valence-corrected chi connectivity index (χ4v) is 7.54. The highest BCUT2D eigenvalue weighted by atomic mass is 32.1. The highest BCUT2D eigenvalue weighted by Gasteiger charge is 2.17. The number of hydrogen-bond donors (Lipinski definition) is 0. The molecule has 6 aromatic carbocycles. The number of hydrogen-bond acceptors (Lipinski definition) is 1. The lowest BCUT2D eigenvalue weighted by Gasteiger charge is -2.10. The first-order chi connectivity index (χ1) is 22.8. The molecule has 3 aromatic heterocycles. The van der Waals surface area contributed by atoms with E-state index in [-0.39, 0.29) is 5.82 Å². The first-order valence-corrected chi connectivity index (χ1v) is 17.2. The van der Waals surface area contributed by atoms with Crippen LogP contribution in [0.1, 0.15) is 41.5 Å². The van der Waals surface area contributed by atoms with Crippen molar-refractivity contribution < 1.29 is 4.39 Å². The van der Waals surface area contributed by atoms with Crippen molar-refractivity contribution in [2.45, 2.75) is 41.5 Å². The fraction of sp³-hybridized carbons (Fsp3) is 0.143. The van der Waals surface area contributed by atoms with Crippen LogP contribution in [0.15, 0.2) is 127 Å². The molecule has 0 aliphatic carbocycles. The molecule has 0 bridgehead atoms. The Labute approximate surface area is 273 Å². The fourth-order valence-electron chi connectivity index (χ4n) is 6.48. The second-order valence-electron chi connectivity index (χ2n) is 10.3. The van der Waals surface area contributed by atoms with E-state index in [2.05, 4.69) is 106 Å². The molecule has 0 saturated heterocycles. The summed E-state index contributed by atoms with van der Waals surface area (Å²) in [7, 11) is 0. The third kappa shape index (κ3) is 4.85. The maximum Gasteiger partial charge on any atom is 0.147 e. The normalized spacial score (nSPS) is 10.9. The summed E-state index contributed by atoms with van der Waals surface area (Å²) in [4.78, 5) is 0. The molecule has 230 valence electrons. The van der Waals surface area contributed by atoms with Gasteiger partial charge >= 0.3 is 0 Å². The van der Waals surface area contributed by atoms with Gasteiger partial charge in [0.25, 0.3) is 0 Å². The van der Waals surface area contributed by atoms with Gasteiger partial charge in [-0.25, -0.2) is 4.39 Å². The molecule has 0 spiro atoms. The second-order valence-corrected chi connectivity index (χ2v) is 11.4. The molecule has 0 aliphatic heterocycles. The Bertz CT molecular complexity index is 2410. The smallest absolute Gasteiger partial charge is 0.147 e. The number of thiophene rings is 1. The van der Waals surface area contributed by atoms with Crippen LogP contribution in [0.3, 0.4) is 0 Å². The Balaban J connectivity index is 0.000000588. The zero-order valence-electron chi connectivity index (χ0n) is 27.3. The molecule has 0 atom stereocenters. The number of halogens is 1. The van der Waals surface area contributed by atoms with E-state index < -0.39 is 0 Å². The van der Waals surface area contributed by atoms with Crippen LogP contribution in [0.25, 0.3) is 75.2 Å². The zero-order valence-corrected chi connectivity index (χ0v) is 28.1. The maximum absolute atomic E-state index is 15.3. The van der Waals surface area contributed by atoms with Crippen LogP contribution in [0, 0.1) is 5.82 Å². The average Bonchev–Trinajstić information content (AvgIpc) is 3.79. The molecule has 0 fully saturated rings. The van der Waals surface area contributed by atoms with E-state index in [0.717, 1.165) is 27.7 Å². The molecule has 2 nitrogen and oxygen atoms in total. The summed E-state index contributed by atoms with van der Waals surface area (Å²) in [6.45, 7) is 12.0. The van der Waals surface area contributed by atoms with E-state index in [9.17, 15) is 0 Å². The minimum absolute atomic E-state index is 0.211. The van der Waals surface area contributed by atoms with Gasteiger partial charge in [0, 0.05) is 53.1 Å². The Morgan fingerprint density at radius 2 is 0.826 bits per heavy atom. The van der Waals surface area contributed by atoms with Crippen molar-refractivity contribution in [2.24, 2.45) is 0 Å². The molecule has 0 amide bonds. The average molecular weight is 623 g/mol. The van der Waals surface area contributed by atoms with Gasteiger partial charge in [0.15, 0.2) is 0 Å². The van der Waals surface area contributed by atoms with Crippen molar-refractivity contribution >= 4 is 75.1 Å². The van der Waals surface area contributed by atoms with Crippen molar-refractivity contribution in [2.75, 3.05) is 0 Å². The lowest BCUT2D eigenvalue weighted by Crippen LogP contribution is -1.95. The quantitative estimate of drug-likeness (QED) is 0.181. The Morgan fingerprint density at radius 1 is 0.413 bits per heavy atom. The lowest BCUT2D eigenvalue weighted by molar-refractivity contribution is 0.635. The first kappa shape index (κ1) is 31.1. The topological polar surface area (TPSA) is 9.86 Å². The van der Waals surface area contributed by atoms with Gasteiger partial charge in [-0.15, -0.1) is 11.3 Å². The molecule has 46 heavy (non-hydrogen) atoms. The van der Waals surface area contributed by atoms with Crippen LogP contribution in [-0.2, 0) is 0 Å². The van der Waals surface area contributed by atoms with Gasteiger partial charge in [0.2, 0.25) is 0 Å². The summed E-state index contributed by atoms with van der Waals surface area (Å²) in [5.74, 6) is -0.211. The van der Waals surface area contributed by atoms with Gasteiger partial charge < -0.3 is 9.13 Å². The summed E-state index contributed by atoms with van der Waals surface area (Å²) < 4.78 is 22.2. The van der Waals surface area contributed by atoms with Gasteiger partial charge in [0.05, 0.1) is 22.1 Å². The molecule has 9 rings (SSSR count). The minimum atomic E-state index is -0.211. The number of nitrogens with zero attached hydrogens (tertiary/aromatic N) is 2. The predicted molar refractivity (Wildman–Crippen MR) is 202 cm³/mol. The molecule has 0 N–H and O–H groups in total. The van der Waals surface area contributed by atoms with Gasteiger partial charge in [0.1, 0.15) is 5.82 Å². The zero-order chi connectivity index (χ0) is 32.4. The Morgan fingerprint density at radius 3 is 1.35 bits per heavy atom. The third-order valence-electron chi connectivity index (χ3n) is 8.18. The molecular weight excluding hydrogens is 584 g/mol. The van der Waals surface area contributed by atoms with Gasteiger partial charge in [-0.2, -0.15) is 0 Å². The summed E-state index contributed by atoms with van der Waals surface area (Å²) >= 11 is 1.80. The van der Waals surface area contributed by atoms with Crippen LogP contribution in [0.2, 0.25) is 0 Å². The summed E-state index contributed by atoms with van der Waals surface area (Å²) in [5.41, 5.74) is 6.12. The maximum atomic E-state index is 15.3. The Hall–Kier alpha value is -4.93. The van der Waals surface area contributed by atoms with Gasteiger partial charge in [-0.05, 0) is 60.7 Å². The number of benzene rings is 6. The molecule has 9 aromatic rings. The molecule has 0 unspecified atom stereocenters. The number of para-hydroxylation sites is 4. The molecule has 0 saturated carbocycles. The van der Waals surface area contributed by atoms with Crippen LogP contribution in [-0.4, -0.2) is 9.13 Å². The minimum Gasteiger partial charge on any atom is -0.309 e. The first-order valence-electron chi connectivity index (χ1n) is 16.4. The van der Waals surface area contributed by atoms with Gasteiger partial charge in [-0.3, -0.25) is 0 Å². The summed E-state index contributed by atoms with van der Waals surface area (Å²) in [6, 6.07) is 44.0. The number of rotatable bonds is 2. The van der Waals surface area contributed by atoms with E-state index in [1.807, 2.05) is 59.7 Å². The molecule has 3 heterocycles. The SMILES string of the molecule is CC.CC.CC.Fc1cccc2c3ccccc3n(-c3ccc4sc5ccc(-n6c7ccccc7c7ccccc76)cc5c4c3)c12. The van der Waals surface area contributed by atoms with E-state index in [1.165, 1.54) is 42.0 Å². The largest absolute Gasteiger partial charge is 0.309 e. The van der Waals surface area contributed by atoms with Crippen molar-refractivity contribution in [1.29, 1.82) is 0 Å². The van der Waals surface area contributed by atoms with E-state index in [4.69, 9.17) is 0 Å². The Kier molecular flexibility index (Phi) is 8.92. The highest BCUT2D eigenvalue weighted by Crippen LogP contribution is 2.40. The van der Waals surface area contributed by atoms with Crippen molar-refractivity contribution in [3.8, 4) is 11.4 Å². The van der Waals surface area contributed by atoms with Crippen LogP contribution < -0.4 is 0 Å². The molecule has 0 radical (unpaired) electrons. The van der Waals surface area contributed by atoms with Gasteiger partial charge in [-0.1, -0.05) is 108 Å². The van der Waals surface area contributed by atoms with Crippen LogP contribution >= 0.6 is 11.3 Å². The number of fused-ring (bicyclic) bond motifs is 9. The van der Waals surface area contributed by atoms with Crippen LogP contribution in [0.4, 0.5) is 4.39 Å². The number of aromatic nitrogens is 2. The third-order valence-corrected chi connectivity index (χ3v) is 9.33. The monoisotopic (exact) mass is 622 g/mol. The predicted octanol–water partition coefficient (Wildman–Crippen LogP) is 13.5. The molecular formula is C42H39FN2S. The van der Waals surface area contributed by atoms with E-state index in [1.54, 1.807) is 23.5 Å². The van der Waals surface area contributed by atoms with E-state index >= 15 is 4.39 Å². The van der Waals surface area contributed by atoms with Crippen molar-refractivity contribution in [3.63, 3.8) is 0 Å². The second kappa shape index (κ2) is 13.2. The van der Waals surface area contributed by atoms with Crippen LogP contribution in [0.5, 0.6) is 0 Å². The van der Waals surface area contributed by atoms with E-state index in [0.29, 0.717) is 5.52 Å². The summed E-state index contributed by atoms with van der Waals surface area (Å²) in [5, 5.41) is 6.89.